The lowest BCUT2D eigenvalue weighted by molar-refractivity contribution is -0.141. The Balaban J connectivity index is 2.12. The van der Waals surface area contributed by atoms with Crippen LogP contribution in [-0.4, -0.2) is 18.4 Å². The molecule has 108 valence electrons. The molecule has 0 aliphatic heterocycles. The summed E-state index contributed by atoms with van der Waals surface area (Å²) >= 11 is 0. The SMILES string of the molecule is CC(=O)OCC(CC(=O)c1ccccc1)c1ccccc1. The molecule has 0 fully saturated rings. The number of ether oxygens (including phenoxy) is 1. The van der Waals surface area contributed by atoms with Crippen molar-refractivity contribution in [2.24, 2.45) is 0 Å². The van der Waals surface area contributed by atoms with E-state index < -0.39 is 0 Å². The van der Waals surface area contributed by atoms with E-state index in [1.807, 2.05) is 48.5 Å². The quantitative estimate of drug-likeness (QED) is 0.600. The van der Waals surface area contributed by atoms with Gasteiger partial charge in [-0.1, -0.05) is 60.7 Å². The van der Waals surface area contributed by atoms with Crippen molar-refractivity contribution >= 4 is 11.8 Å². The summed E-state index contributed by atoms with van der Waals surface area (Å²) in [5.74, 6) is -0.400. The molecule has 0 saturated carbocycles. The van der Waals surface area contributed by atoms with Gasteiger partial charge in [0.1, 0.15) is 0 Å². The van der Waals surface area contributed by atoms with Gasteiger partial charge in [-0.3, -0.25) is 9.59 Å². The van der Waals surface area contributed by atoms with E-state index in [4.69, 9.17) is 4.74 Å². The Morgan fingerprint density at radius 1 is 0.952 bits per heavy atom. The van der Waals surface area contributed by atoms with E-state index in [0.717, 1.165) is 5.56 Å². The maximum absolute atomic E-state index is 12.3. The average Bonchev–Trinajstić information content (AvgIpc) is 2.52. The Bertz CT molecular complexity index is 590. The highest BCUT2D eigenvalue weighted by atomic mass is 16.5. The van der Waals surface area contributed by atoms with Gasteiger partial charge in [-0.15, -0.1) is 0 Å². The third-order valence-electron chi connectivity index (χ3n) is 3.29. The van der Waals surface area contributed by atoms with Gasteiger partial charge in [0, 0.05) is 24.8 Å². The maximum Gasteiger partial charge on any atom is 0.302 e. The first-order valence-electron chi connectivity index (χ1n) is 6.93. The standard InChI is InChI=1S/C18H18O3/c1-14(19)21-13-17(15-8-4-2-5-9-15)12-18(20)16-10-6-3-7-11-16/h2-11,17H,12-13H2,1H3. The number of Topliss-reactive ketones (excluding diaryl/α,β-unsaturated/α-hetero) is 1. The molecule has 21 heavy (non-hydrogen) atoms. The zero-order valence-electron chi connectivity index (χ0n) is 12.0. The first-order valence-corrected chi connectivity index (χ1v) is 6.93. The van der Waals surface area contributed by atoms with Gasteiger partial charge < -0.3 is 4.74 Å². The van der Waals surface area contributed by atoms with Crippen molar-refractivity contribution in [2.45, 2.75) is 19.3 Å². The highest BCUT2D eigenvalue weighted by Gasteiger charge is 2.18. The van der Waals surface area contributed by atoms with Crippen molar-refractivity contribution in [1.82, 2.24) is 0 Å². The van der Waals surface area contributed by atoms with Crippen LogP contribution in [0.25, 0.3) is 0 Å². The second kappa shape index (κ2) is 7.39. The van der Waals surface area contributed by atoms with Crippen LogP contribution in [0.5, 0.6) is 0 Å². The third kappa shape index (κ3) is 4.56. The Morgan fingerprint density at radius 3 is 2.10 bits per heavy atom. The van der Waals surface area contributed by atoms with Crippen LogP contribution in [0.1, 0.15) is 35.2 Å². The Morgan fingerprint density at radius 2 is 1.52 bits per heavy atom. The topological polar surface area (TPSA) is 43.4 Å². The van der Waals surface area contributed by atoms with Crippen LogP contribution in [0, 0.1) is 0 Å². The molecule has 3 heteroatoms. The fourth-order valence-electron chi connectivity index (χ4n) is 2.18. The van der Waals surface area contributed by atoms with E-state index in [-0.39, 0.29) is 24.3 Å². The van der Waals surface area contributed by atoms with Crippen LogP contribution in [-0.2, 0) is 9.53 Å². The van der Waals surface area contributed by atoms with Crippen LogP contribution in [0.15, 0.2) is 60.7 Å². The lowest BCUT2D eigenvalue weighted by atomic mass is 9.92. The summed E-state index contributed by atoms with van der Waals surface area (Å²) in [6.07, 6.45) is 0.321. The summed E-state index contributed by atoms with van der Waals surface area (Å²) < 4.78 is 5.10. The second-order valence-electron chi connectivity index (χ2n) is 4.90. The molecular weight excluding hydrogens is 264 g/mol. The fraction of sp³-hybridized carbons (Fsp3) is 0.222. The predicted octanol–water partition coefficient (Wildman–Crippen LogP) is 3.61. The van der Waals surface area contributed by atoms with Crippen LogP contribution in [0.2, 0.25) is 0 Å². The van der Waals surface area contributed by atoms with Crippen molar-refractivity contribution in [3.63, 3.8) is 0 Å². The summed E-state index contributed by atoms with van der Waals surface area (Å²) in [6, 6.07) is 18.8. The van der Waals surface area contributed by atoms with Gasteiger partial charge in [-0.2, -0.15) is 0 Å². The van der Waals surface area contributed by atoms with E-state index in [1.54, 1.807) is 12.1 Å². The molecule has 0 radical (unpaired) electrons. The van der Waals surface area contributed by atoms with Crippen molar-refractivity contribution in [2.75, 3.05) is 6.61 Å². The van der Waals surface area contributed by atoms with Gasteiger partial charge >= 0.3 is 5.97 Å². The molecule has 2 aromatic carbocycles. The molecule has 0 aromatic heterocycles. The van der Waals surface area contributed by atoms with Crippen LogP contribution < -0.4 is 0 Å². The Kier molecular flexibility index (Phi) is 5.27. The second-order valence-corrected chi connectivity index (χ2v) is 4.90. The number of ketones is 1. The average molecular weight is 282 g/mol. The molecule has 1 atom stereocenters. The molecule has 0 aliphatic carbocycles. The predicted molar refractivity (Wildman–Crippen MR) is 81.2 cm³/mol. The van der Waals surface area contributed by atoms with E-state index in [2.05, 4.69) is 0 Å². The molecular formula is C18H18O3. The van der Waals surface area contributed by atoms with Gasteiger partial charge in [0.05, 0.1) is 6.61 Å². The van der Waals surface area contributed by atoms with E-state index in [0.29, 0.717) is 12.0 Å². The zero-order chi connectivity index (χ0) is 15.1. The Labute approximate surface area is 124 Å². The molecule has 0 N–H and O–H groups in total. The van der Waals surface area contributed by atoms with Gasteiger partial charge in [0.2, 0.25) is 0 Å². The lowest BCUT2D eigenvalue weighted by Gasteiger charge is -2.16. The molecule has 0 bridgehead atoms. The van der Waals surface area contributed by atoms with Crippen molar-refractivity contribution < 1.29 is 14.3 Å². The van der Waals surface area contributed by atoms with E-state index in [1.165, 1.54) is 6.92 Å². The summed E-state index contributed by atoms with van der Waals surface area (Å²) in [4.78, 5) is 23.4. The summed E-state index contributed by atoms with van der Waals surface area (Å²) in [6.45, 7) is 1.60. The molecule has 0 amide bonds. The molecule has 3 nitrogen and oxygen atoms in total. The maximum atomic E-state index is 12.3. The van der Waals surface area contributed by atoms with E-state index >= 15 is 0 Å². The van der Waals surface area contributed by atoms with Crippen molar-refractivity contribution in [1.29, 1.82) is 0 Å². The van der Waals surface area contributed by atoms with E-state index in [9.17, 15) is 9.59 Å². The molecule has 1 unspecified atom stereocenters. The molecule has 2 aromatic rings. The zero-order valence-corrected chi connectivity index (χ0v) is 12.0. The summed E-state index contributed by atoms with van der Waals surface area (Å²) in [5, 5.41) is 0. The number of carbonyl (C=O) groups excluding carboxylic acids is 2. The minimum absolute atomic E-state index is 0.0524. The minimum Gasteiger partial charge on any atom is -0.465 e. The number of hydrogen-bond acceptors (Lipinski definition) is 3. The van der Waals surface area contributed by atoms with Gasteiger partial charge in [0.15, 0.2) is 5.78 Å². The van der Waals surface area contributed by atoms with Gasteiger partial charge in [-0.05, 0) is 5.56 Å². The molecule has 0 saturated heterocycles. The smallest absolute Gasteiger partial charge is 0.302 e. The summed E-state index contributed by atoms with van der Waals surface area (Å²) in [5.41, 5.74) is 1.68. The molecule has 0 aliphatic rings. The number of benzene rings is 2. The van der Waals surface area contributed by atoms with Gasteiger partial charge in [-0.25, -0.2) is 0 Å². The molecule has 0 heterocycles. The normalized spacial score (nSPS) is 11.7. The first kappa shape index (κ1) is 15.0. The van der Waals surface area contributed by atoms with Crippen LogP contribution in [0.3, 0.4) is 0 Å². The van der Waals surface area contributed by atoms with Crippen molar-refractivity contribution in [3.05, 3.63) is 71.8 Å². The number of rotatable bonds is 6. The first-order chi connectivity index (χ1) is 10.2. The third-order valence-corrected chi connectivity index (χ3v) is 3.29. The lowest BCUT2D eigenvalue weighted by Crippen LogP contribution is -2.15. The minimum atomic E-state index is -0.330. The van der Waals surface area contributed by atoms with Crippen LogP contribution >= 0.6 is 0 Å². The number of hydrogen-bond donors (Lipinski definition) is 0. The highest BCUT2D eigenvalue weighted by molar-refractivity contribution is 5.96. The molecule has 2 rings (SSSR count). The number of esters is 1. The number of carbonyl (C=O) groups is 2. The van der Waals surface area contributed by atoms with Gasteiger partial charge in [0.25, 0.3) is 0 Å². The van der Waals surface area contributed by atoms with Crippen molar-refractivity contribution in [3.8, 4) is 0 Å². The largest absolute Gasteiger partial charge is 0.465 e. The molecule has 0 spiro atoms. The Hall–Kier alpha value is -2.42. The van der Waals surface area contributed by atoms with Crippen LogP contribution in [0.4, 0.5) is 0 Å². The highest BCUT2D eigenvalue weighted by Crippen LogP contribution is 2.22. The summed E-state index contributed by atoms with van der Waals surface area (Å²) in [7, 11) is 0. The monoisotopic (exact) mass is 282 g/mol. The fourth-order valence-corrected chi connectivity index (χ4v) is 2.18.